The van der Waals surface area contributed by atoms with Gasteiger partial charge in [0.25, 0.3) is 0 Å². The first-order valence-electron chi connectivity index (χ1n) is 6.68. The van der Waals surface area contributed by atoms with Gasteiger partial charge in [0.2, 0.25) is 0 Å². The summed E-state index contributed by atoms with van der Waals surface area (Å²) in [5.74, 6) is 0. The molecule has 2 heteroatoms. The molecule has 0 bridgehead atoms. The van der Waals surface area contributed by atoms with Gasteiger partial charge in [-0.05, 0) is 26.7 Å². The van der Waals surface area contributed by atoms with Gasteiger partial charge in [0.15, 0.2) is 0 Å². The van der Waals surface area contributed by atoms with Gasteiger partial charge in [-0.2, -0.15) is 0 Å². The fourth-order valence-electron chi connectivity index (χ4n) is 2.71. The van der Waals surface area contributed by atoms with Gasteiger partial charge in [-0.1, -0.05) is 26.7 Å². The molecule has 0 aromatic rings. The van der Waals surface area contributed by atoms with Crippen molar-refractivity contribution < 1.29 is 0 Å². The normalized spacial score (nSPS) is 30.4. The Morgan fingerprint density at radius 3 is 2.67 bits per heavy atom. The van der Waals surface area contributed by atoms with Crippen molar-refractivity contribution in [2.24, 2.45) is 0 Å². The second-order valence-corrected chi connectivity index (χ2v) is 5.09. The number of rotatable bonds is 5. The van der Waals surface area contributed by atoms with Gasteiger partial charge in [0.1, 0.15) is 0 Å². The Morgan fingerprint density at radius 1 is 1.33 bits per heavy atom. The number of nitrogens with one attached hydrogen (secondary N) is 1. The van der Waals surface area contributed by atoms with Gasteiger partial charge in [0, 0.05) is 31.2 Å². The van der Waals surface area contributed by atoms with Crippen molar-refractivity contribution in [1.29, 1.82) is 0 Å². The summed E-state index contributed by atoms with van der Waals surface area (Å²) < 4.78 is 0. The molecular weight excluding hydrogens is 184 g/mol. The summed E-state index contributed by atoms with van der Waals surface area (Å²) in [5, 5.41) is 3.60. The Kier molecular flexibility index (Phi) is 5.62. The van der Waals surface area contributed by atoms with Crippen molar-refractivity contribution in [2.45, 2.75) is 71.5 Å². The van der Waals surface area contributed by atoms with Crippen LogP contribution in [0.1, 0.15) is 53.4 Å². The summed E-state index contributed by atoms with van der Waals surface area (Å²) in [5.41, 5.74) is 0. The van der Waals surface area contributed by atoms with Gasteiger partial charge in [-0.15, -0.1) is 0 Å². The van der Waals surface area contributed by atoms with Crippen LogP contribution in [0.4, 0.5) is 0 Å². The van der Waals surface area contributed by atoms with E-state index in [9.17, 15) is 0 Å². The van der Waals surface area contributed by atoms with E-state index in [0.717, 1.165) is 12.1 Å². The maximum Gasteiger partial charge on any atom is 0.0224 e. The highest BCUT2D eigenvalue weighted by molar-refractivity contribution is 4.86. The Morgan fingerprint density at radius 2 is 2.07 bits per heavy atom. The minimum Gasteiger partial charge on any atom is -0.311 e. The molecule has 0 aromatic heterocycles. The monoisotopic (exact) mass is 212 g/mol. The van der Waals surface area contributed by atoms with Crippen LogP contribution in [0.25, 0.3) is 0 Å². The fraction of sp³-hybridized carbons (Fsp3) is 1.00. The third-order valence-electron chi connectivity index (χ3n) is 3.55. The highest BCUT2D eigenvalue weighted by atomic mass is 15.2. The molecule has 1 fully saturated rings. The molecule has 0 radical (unpaired) electrons. The smallest absolute Gasteiger partial charge is 0.0224 e. The summed E-state index contributed by atoms with van der Waals surface area (Å²) in [4.78, 5) is 2.73. The molecule has 1 aliphatic rings. The molecule has 0 aromatic carbocycles. The first-order valence-corrected chi connectivity index (χ1v) is 6.68. The maximum absolute atomic E-state index is 3.60. The summed E-state index contributed by atoms with van der Waals surface area (Å²) in [6.07, 6.45) is 5.29. The molecular formula is C13H28N2. The van der Waals surface area contributed by atoms with Crippen molar-refractivity contribution in [3.63, 3.8) is 0 Å². The van der Waals surface area contributed by atoms with E-state index in [2.05, 4.69) is 37.9 Å². The zero-order chi connectivity index (χ0) is 11.3. The molecule has 2 nitrogen and oxygen atoms in total. The third kappa shape index (κ3) is 3.76. The van der Waals surface area contributed by atoms with E-state index in [1.165, 1.54) is 38.8 Å². The molecule has 15 heavy (non-hydrogen) atoms. The second kappa shape index (κ2) is 6.49. The quantitative estimate of drug-likeness (QED) is 0.753. The largest absolute Gasteiger partial charge is 0.311 e. The van der Waals surface area contributed by atoms with Gasteiger partial charge in [-0.3, -0.25) is 4.90 Å². The Bertz CT molecular complexity index is 170. The van der Waals surface area contributed by atoms with Crippen LogP contribution >= 0.6 is 0 Å². The molecule has 90 valence electrons. The fourth-order valence-corrected chi connectivity index (χ4v) is 2.71. The topological polar surface area (TPSA) is 15.3 Å². The van der Waals surface area contributed by atoms with Crippen LogP contribution in [-0.2, 0) is 0 Å². The van der Waals surface area contributed by atoms with E-state index in [0.29, 0.717) is 6.04 Å². The van der Waals surface area contributed by atoms with Gasteiger partial charge in [-0.25, -0.2) is 0 Å². The van der Waals surface area contributed by atoms with E-state index < -0.39 is 0 Å². The molecule has 1 aliphatic heterocycles. The zero-order valence-electron chi connectivity index (χ0n) is 10.9. The van der Waals surface area contributed by atoms with E-state index in [1.54, 1.807) is 0 Å². The SMILES string of the molecule is CCCC(C)N1CC(C)NCC1CCC. The van der Waals surface area contributed by atoms with Crippen LogP contribution in [0, 0.1) is 0 Å². The zero-order valence-corrected chi connectivity index (χ0v) is 10.9. The van der Waals surface area contributed by atoms with Crippen LogP contribution in [0.5, 0.6) is 0 Å². The molecule has 1 saturated heterocycles. The van der Waals surface area contributed by atoms with Crippen molar-refractivity contribution in [3.05, 3.63) is 0 Å². The molecule has 1 rings (SSSR count). The van der Waals surface area contributed by atoms with Crippen LogP contribution in [0.2, 0.25) is 0 Å². The van der Waals surface area contributed by atoms with E-state index in [1.807, 2.05) is 0 Å². The van der Waals surface area contributed by atoms with E-state index >= 15 is 0 Å². The van der Waals surface area contributed by atoms with Crippen molar-refractivity contribution in [2.75, 3.05) is 13.1 Å². The number of piperazine rings is 1. The highest BCUT2D eigenvalue weighted by Gasteiger charge is 2.27. The van der Waals surface area contributed by atoms with Crippen molar-refractivity contribution in [1.82, 2.24) is 10.2 Å². The molecule has 3 unspecified atom stereocenters. The summed E-state index contributed by atoms with van der Waals surface area (Å²) in [6.45, 7) is 11.7. The van der Waals surface area contributed by atoms with Gasteiger partial charge < -0.3 is 5.32 Å². The second-order valence-electron chi connectivity index (χ2n) is 5.09. The highest BCUT2D eigenvalue weighted by Crippen LogP contribution is 2.18. The first-order chi connectivity index (χ1) is 7.19. The average molecular weight is 212 g/mol. The lowest BCUT2D eigenvalue weighted by atomic mass is 10.0. The number of nitrogens with zero attached hydrogens (tertiary/aromatic N) is 1. The van der Waals surface area contributed by atoms with Crippen LogP contribution in [0.3, 0.4) is 0 Å². The standard InChI is InChI=1S/C13H28N2/c1-5-7-12(4)15-10-11(3)14-9-13(15)8-6-2/h11-14H,5-10H2,1-4H3. The van der Waals surface area contributed by atoms with E-state index in [4.69, 9.17) is 0 Å². The summed E-state index contributed by atoms with van der Waals surface area (Å²) in [6, 6.07) is 2.20. The third-order valence-corrected chi connectivity index (χ3v) is 3.55. The average Bonchev–Trinajstić information content (AvgIpc) is 2.21. The summed E-state index contributed by atoms with van der Waals surface area (Å²) in [7, 11) is 0. The maximum atomic E-state index is 3.60. The summed E-state index contributed by atoms with van der Waals surface area (Å²) >= 11 is 0. The number of hydrogen-bond acceptors (Lipinski definition) is 2. The Balaban J connectivity index is 2.52. The molecule has 0 amide bonds. The Hall–Kier alpha value is -0.0800. The molecule has 0 saturated carbocycles. The van der Waals surface area contributed by atoms with Crippen molar-refractivity contribution in [3.8, 4) is 0 Å². The van der Waals surface area contributed by atoms with Gasteiger partial charge in [0.05, 0.1) is 0 Å². The van der Waals surface area contributed by atoms with Crippen LogP contribution in [-0.4, -0.2) is 36.1 Å². The first kappa shape index (κ1) is 13.0. The predicted molar refractivity (Wildman–Crippen MR) is 67.2 cm³/mol. The van der Waals surface area contributed by atoms with Gasteiger partial charge >= 0.3 is 0 Å². The molecule has 3 atom stereocenters. The van der Waals surface area contributed by atoms with E-state index in [-0.39, 0.29) is 0 Å². The molecule has 0 spiro atoms. The Labute approximate surface area is 95.4 Å². The lowest BCUT2D eigenvalue weighted by Gasteiger charge is -2.43. The lowest BCUT2D eigenvalue weighted by Crippen LogP contribution is -2.58. The molecule has 1 heterocycles. The molecule has 1 N–H and O–H groups in total. The number of hydrogen-bond donors (Lipinski definition) is 1. The molecule has 0 aliphatic carbocycles. The minimum atomic E-state index is 0.664. The minimum absolute atomic E-state index is 0.664. The van der Waals surface area contributed by atoms with Crippen LogP contribution < -0.4 is 5.32 Å². The lowest BCUT2D eigenvalue weighted by molar-refractivity contribution is 0.0827. The predicted octanol–water partition coefficient (Wildman–Crippen LogP) is 2.64. The van der Waals surface area contributed by atoms with Crippen molar-refractivity contribution >= 4 is 0 Å². The van der Waals surface area contributed by atoms with Crippen LogP contribution in [0.15, 0.2) is 0 Å².